The fraction of sp³-hybridized carbons (Fsp3) is 0.316. The molecule has 0 spiro atoms. The molecule has 1 aliphatic rings. The molecule has 3 aromatic rings. The maximum atomic E-state index is 12.8. The van der Waals surface area contributed by atoms with Crippen LogP contribution < -0.4 is 5.32 Å². The van der Waals surface area contributed by atoms with Crippen molar-refractivity contribution < 1.29 is 18.7 Å². The highest BCUT2D eigenvalue weighted by Gasteiger charge is 2.23. The smallest absolute Gasteiger partial charge is 0.274 e. The third kappa shape index (κ3) is 4.15. The summed E-state index contributed by atoms with van der Waals surface area (Å²) >= 11 is 1.54. The number of rotatable bonds is 6. The van der Waals surface area contributed by atoms with E-state index in [1.54, 1.807) is 34.0 Å². The molecular weight excluding hydrogens is 380 g/mol. The van der Waals surface area contributed by atoms with Gasteiger partial charge in [0.2, 0.25) is 5.91 Å². The zero-order valence-electron chi connectivity index (χ0n) is 15.2. The summed E-state index contributed by atoms with van der Waals surface area (Å²) in [5.41, 5.74) is 1.09. The molecule has 28 heavy (non-hydrogen) atoms. The van der Waals surface area contributed by atoms with E-state index in [0.717, 1.165) is 10.6 Å². The summed E-state index contributed by atoms with van der Waals surface area (Å²) in [6.45, 7) is 2.47. The van der Waals surface area contributed by atoms with E-state index >= 15 is 0 Å². The monoisotopic (exact) mass is 400 g/mol. The minimum Gasteiger partial charge on any atom is -0.467 e. The number of aromatic nitrogens is 2. The SMILES string of the molecule is O=C(Cn1nc(C(=O)N2CCOCC2)cc1-c1cccs1)NCc1ccco1. The molecule has 1 saturated heterocycles. The van der Waals surface area contributed by atoms with Crippen molar-refractivity contribution in [3.05, 3.63) is 53.4 Å². The molecule has 0 radical (unpaired) electrons. The normalized spacial score (nSPS) is 14.2. The van der Waals surface area contributed by atoms with Crippen LogP contribution in [0.25, 0.3) is 10.6 Å². The number of amides is 2. The van der Waals surface area contributed by atoms with Gasteiger partial charge >= 0.3 is 0 Å². The Balaban J connectivity index is 1.52. The number of carbonyl (C=O) groups is 2. The molecular formula is C19H20N4O4S. The topological polar surface area (TPSA) is 89.6 Å². The van der Waals surface area contributed by atoms with Gasteiger partial charge in [-0.15, -0.1) is 11.3 Å². The highest BCUT2D eigenvalue weighted by atomic mass is 32.1. The van der Waals surface area contributed by atoms with E-state index in [2.05, 4.69) is 10.4 Å². The molecule has 8 nitrogen and oxygen atoms in total. The second kappa shape index (κ2) is 8.41. The molecule has 1 aliphatic heterocycles. The number of nitrogens with zero attached hydrogens (tertiary/aromatic N) is 3. The first kappa shape index (κ1) is 18.5. The number of hydrogen-bond donors (Lipinski definition) is 1. The van der Waals surface area contributed by atoms with Crippen molar-refractivity contribution in [3.63, 3.8) is 0 Å². The first-order valence-corrected chi connectivity index (χ1v) is 9.86. The lowest BCUT2D eigenvalue weighted by atomic mass is 10.2. The number of furan rings is 1. The molecule has 146 valence electrons. The first-order chi connectivity index (χ1) is 13.7. The van der Waals surface area contributed by atoms with Crippen LogP contribution in [0.3, 0.4) is 0 Å². The molecule has 0 saturated carbocycles. The van der Waals surface area contributed by atoms with Crippen molar-refractivity contribution in [2.45, 2.75) is 13.1 Å². The van der Waals surface area contributed by atoms with Crippen LogP contribution in [0.4, 0.5) is 0 Å². The van der Waals surface area contributed by atoms with Crippen LogP contribution in [0.15, 0.2) is 46.4 Å². The number of morpholine rings is 1. The lowest BCUT2D eigenvalue weighted by molar-refractivity contribution is -0.122. The van der Waals surface area contributed by atoms with E-state index in [4.69, 9.17) is 9.15 Å². The fourth-order valence-electron chi connectivity index (χ4n) is 2.98. The van der Waals surface area contributed by atoms with E-state index in [1.807, 2.05) is 17.5 Å². The van der Waals surface area contributed by atoms with Gasteiger partial charge in [-0.2, -0.15) is 5.10 Å². The summed E-state index contributed by atoms with van der Waals surface area (Å²) < 4.78 is 12.1. The van der Waals surface area contributed by atoms with Gasteiger partial charge in [0, 0.05) is 13.1 Å². The number of thiophene rings is 1. The van der Waals surface area contributed by atoms with E-state index < -0.39 is 0 Å². The Morgan fingerprint density at radius 2 is 2.07 bits per heavy atom. The van der Waals surface area contributed by atoms with Crippen LogP contribution in [-0.4, -0.2) is 52.8 Å². The average Bonchev–Trinajstić information content (AvgIpc) is 3.47. The molecule has 1 fully saturated rings. The van der Waals surface area contributed by atoms with Gasteiger partial charge in [-0.1, -0.05) is 6.07 Å². The molecule has 2 amide bonds. The standard InChI is InChI=1S/C19H20N4O4S/c24-18(20-12-14-3-1-7-27-14)13-23-16(17-4-2-10-28-17)11-15(21-23)19(25)22-5-8-26-9-6-22/h1-4,7,10-11H,5-6,8-9,12-13H2,(H,20,24). The molecule has 4 rings (SSSR count). The predicted molar refractivity (Wildman–Crippen MR) is 103 cm³/mol. The molecule has 9 heteroatoms. The summed E-state index contributed by atoms with van der Waals surface area (Å²) in [6, 6.07) is 9.20. The number of carbonyl (C=O) groups excluding carboxylic acids is 2. The summed E-state index contributed by atoms with van der Waals surface area (Å²) in [7, 11) is 0. The van der Waals surface area contributed by atoms with Crippen molar-refractivity contribution in [1.82, 2.24) is 20.0 Å². The Labute approximate surface area is 165 Å². The molecule has 0 atom stereocenters. The van der Waals surface area contributed by atoms with Crippen LogP contribution in [-0.2, 0) is 22.6 Å². The van der Waals surface area contributed by atoms with E-state index in [9.17, 15) is 9.59 Å². The van der Waals surface area contributed by atoms with Crippen LogP contribution in [0.2, 0.25) is 0 Å². The van der Waals surface area contributed by atoms with Gasteiger partial charge in [0.15, 0.2) is 5.69 Å². The predicted octanol–water partition coefficient (Wildman–Crippen LogP) is 1.99. The largest absolute Gasteiger partial charge is 0.467 e. The van der Waals surface area contributed by atoms with Gasteiger partial charge in [-0.3, -0.25) is 14.3 Å². The molecule has 4 heterocycles. The molecule has 0 aliphatic carbocycles. The quantitative estimate of drug-likeness (QED) is 0.684. The first-order valence-electron chi connectivity index (χ1n) is 8.98. The fourth-order valence-corrected chi connectivity index (χ4v) is 3.73. The summed E-state index contributed by atoms with van der Waals surface area (Å²) in [5, 5.41) is 9.19. The van der Waals surface area contributed by atoms with Crippen molar-refractivity contribution in [2.75, 3.05) is 26.3 Å². The minimum atomic E-state index is -0.206. The summed E-state index contributed by atoms with van der Waals surface area (Å²) in [4.78, 5) is 27.9. The Kier molecular flexibility index (Phi) is 5.54. The van der Waals surface area contributed by atoms with Gasteiger partial charge in [0.05, 0.1) is 36.6 Å². The van der Waals surface area contributed by atoms with Crippen LogP contribution in [0.5, 0.6) is 0 Å². The second-order valence-electron chi connectivity index (χ2n) is 6.31. The molecule has 0 unspecified atom stereocenters. The lowest BCUT2D eigenvalue weighted by Crippen LogP contribution is -2.40. The summed E-state index contributed by atoms with van der Waals surface area (Å²) in [6.07, 6.45) is 1.56. The van der Waals surface area contributed by atoms with Gasteiger partial charge in [-0.25, -0.2) is 0 Å². The molecule has 0 aromatic carbocycles. The highest BCUT2D eigenvalue weighted by Crippen LogP contribution is 2.26. The van der Waals surface area contributed by atoms with Crippen molar-refractivity contribution in [2.24, 2.45) is 0 Å². The van der Waals surface area contributed by atoms with Gasteiger partial charge in [-0.05, 0) is 29.6 Å². The van der Waals surface area contributed by atoms with E-state index in [0.29, 0.717) is 44.3 Å². The Bertz CT molecular complexity index is 927. The van der Waals surface area contributed by atoms with Crippen LogP contribution >= 0.6 is 11.3 Å². The third-order valence-electron chi connectivity index (χ3n) is 4.40. The maximum Gasteiger partial charge on any atom is 0.274 e. The Hall–Kier alpha value is -2.91. The van der Waals surface area contributed by atoms with Gasteiger partial charge in [0.25, 0.3) is 5.91 Å². The van der Waals surface area contributed by atoms with Gasteiger partial charge < -0.3 is 19.4 Å². The Morgan fingerprint density at radius 1 is 1.21 bits per heavy atom. The number of ether oxygens (including phenoxy) is 1. The summed E-state index contributed by atoms with van der Waals surface area (Å²) in [5.74, 6) is 0.328. The lowest BCUT2D eigenvalue weighted by Gasteiger charge is -2.25. The highest BCUT2D eigenvalue weighted by molar-refractivity contribution is 7.13. The second-order valence-corrected chi connectivity index (χ2v) is 7.26. The van der Waals surface area contributed by atoms with Crippen molar-refractivity contribution in [3.8, 4) is 10.6 Å². The molecule has 1 N–H and O–H groups in total. The Morgan fingerprint density at radius 3 is 2.79 bits per heavy atom. The van der Waals surface area contributed by atoms with E-state index in [-0.39, 0.29) is 18.4 Å². The van der Waals surface area contributed by atoms with Crippen molar-refractivity contribution in [1.29, 1.82) is 0 Å². The maximum absolute atomic E-state index is 12.8. The van der Waals surface area contributed by atoms with Gasteiger partial charge in [0.1, 0.15) is 12.3 Å². The van der Waals surface area contributed by atoms with Crippen LogP contribution in [0, 0.1) is 0 Å². The minimum absolute atomic E-state index is 0.0182. The molecule has 0 bridgehead atoms. The molecule has 3 aromatic heterocycles. The van der Waals surface area contributed by atoms with Crippen LogP contribution in [0.1, 0.15) is 16.2 Å². The zero-order chi connectivity index (χ0) is 19.3. The number of hydrogen-bond acceptors (Lipinski definition) is 6. The number of nitrogens with one attached hydrogen (secondary N) is 1. The zero-order valence-corrected chi connectivity index (χ0v) is 16.0. The van der Waals surface area contributed by atoms with E-state index in [1.165, 1.54) is 11.3 Å². The third-order valence-corrected chi connectivity index (χ3v) is 5.30. The average molecular weight is 400 g/mol. The van der Waals surface area contributed by atoms with Crippen molar-refractivity contribution >= 4 is 23.2 Å².